The maximum Gasteiger partial charge on any atom is 0.196 e. The number of benzene rings is 2. The second-order valence-electron chi connectivity index (χ2n) is 6.40. The van der Waals surface area contributed by atoms with E-state index < -0.39 is 0 Å². The number of hydrogen-bond donors (Lipinski definition) is 2. The number of ether oxygens (including phenoxy) is 2. The molecule has 0 bridgehead atoms. The Balaban J connectivity index is 0.00000392. The Morgan fingerprint density at radius 3 is 2.29 bits per heavy atom. The molecule has 0 radical (unpaired) electrons. The Morgan fingerprint density at radius 1 is 1.00 bits per heavy atom. The monoisotopic (exact) mass is 498 g/mol. The largest absolute Gasteiger partial charge is 0.493 e. The van der Waals surface area contributed by atoms with Crippen LogP contribution in [0.1, 0.15) is 18.1 Å². The van der Waals surface area contributed by atoms with Crippen LogP contribution in [0.5, 0.6) is 11.5 Å². The van der Waals surface area contributed by atoms with Crippen LogP contribution in [-0.2, 0) is 13.1 Å². The van der Waals surface area contributed by atoms with E-state index in [1.54, 1.807) is 14.2 Å². The second kappa shape index (κ2) is 12.5. The summed E-state index contributed by atoms with van der Waals surface area (Å²) in [4.78, 5) is 6.91. The van der Waals surface area contributed by atoms with Crippen molar-refractivity contribution < 1.29 is 9.47 Å². The molecule has 0 saturated carbocycles. The number of halogens is 1. The minimum Gasteiger partial charge on any atom is -0.493 e. The number of hydrogen-bond acceptors (Lipinski definition) is 4. The molecule has 0 fully saturated rings. The zero-order chi connectivity index (χ0) is 19.6. The summed E-state index contributed by atoms with van der Waals surface area (Å²) in [5, 5.41) is 6.61. The third-order valence-electron chi connectivity index (χ3n) is 4.00. The standard InChI is InChI=1S/C21H30N4O2.HI/c1-6-22-21(24-18-11-12-19(26-4)20(13-18)27-5)23-14-16-9-7-8-10-17(16)15-25(2)3;/h7-13H,6,14-15H2,1-5H3,(H2,22,23,24);1H. The van der Waals surface area contributed by atoms with Gasteiger partial charge in [0.15, 0.2) is 17.5 Å². The van der Waals surface area contributed by atoms with Crippen LogP contribution < -0.4 is 20.1 Å². The summed E-state index contributed by atoms with van der Waals surface area (Å²) in [5.41, 5.74) is 3.39. The van der Waals surface area contributed by atoms with Crippen LogP contribution in [0, 0.1) is 0 Å². The predicted octanol–water partition coefficient (Wildman–Crippen LogP) is 3.96. The van der Waals surface area contributed by atoms with Crippen molar-refractivity contribution in [1.82, 2.24) is 10.2 Å². The number of nitrogens with one attached hydrogen (secondary N) is 2. The molecule has 0 unspecified atom stereocenters. The fourth-order valence-electron chi connectivity index (χ4n) is 2.73. The van der Waals surface area contributed by atoms with Crippen molar-refractivity contribution in [3.63, 3.8) is 0 Å². The van der Waals surface area contributed by atoms with Gasteiger partial charge in [-0.05, 0) is 44.3 Å². The molecule has 0 aliphatic heterocycles. The average Bonchev–Trinajstić information content (AvgIpc) is 2.66. The highest BCUT2D eigenvalue weighted by molar-refractivity contribution is 14.0. The van der Waals surface area contributed by atoms with E-state index in [-0.39, 0.29) is 24.0 Å². The lowest BCUT2D eigenvalue weighted by atomic mass is 10.1. The Morgan fingerprint density at radius 2 is 1.68 bits per heavy atom. The Kier molecular flexibility index (Phi) is 10.7. The third-order valence-corrected chi connectivity index (χ3v) is 4.00. The molecule has 7 heteroatoms. The van der Waals surface area contributed by atoms with Crippen molar-refractivity contribution in [2.45, 2.75) is 20.0 Å². The van der Waals surface area contributed by atoms with Crippen molar-refractivity contribution in [3.05, 3.63) is 53.6 Å². The molecule has 2 aromatic rings. The smallest absolute Gasteiger partial charge is 0.196 e. The van der Waals surface area contributed by atoms with Gasteiger partial charge in [-0.25, -0.2) is 4.99 Å². The van der Waals surface area contributed by atoms with Gasteiger partial charge in [0.2, 0.25) is 0 Å². The van der Waals surface area contributed by atoms with Gasteiger partial charge in [0.05, 0.1) is 20.8 Å². The lowest BCUT2D eigenvalue weighted by Crippen LogP contribution is -2.30. The van der Waals surface area contributed by atoms with Gasteiger partial charge in [-0.2, -0.15) is 0 Å². The molecular formula is C21H31IN4O2. The van der Waals surface area contributed by atoms with Gasteiger partial charge in [-0.15, -0.1) is 24.0 Å². The number of aliphatic imine (C=N–C) groups is 1. The zero-order valence-corrected chi connectivity index (χ0v) is 19.6. The molecule has 2 rings (SSSR count). The number of methoxy groups -OCH3 is 2. The summed E-state index contributed by atoms with van der Waals surface area (Å²) < 4.78 is 10.7. The topological polar surface area (TPSA) is 58.1 Å². The van der Waals surface area contributed by atoms with Crippen LogP contribution in [0.15, 0.2) is 47.5 Å². The van der Waals surface area contributed by atoms with Crippen LogP contribution in [-0.4, -0.2) is 45.7 Å². The summed E-state index contributed by atoms with van der Waals surface area (Å²) in [6, 6.07) is 14.1. The van der Waals surface area contributed by atoms with Crippen molar-refractivity contribution >= 4 is 35.6 Å². The van der Waals surface area contributed by atoms with Crippen LogP contribution in [0.3, 0.4) is 0 Å². The first-order chi connectivity index (χ1) is 13.1. The lowest BCUT2D eigenvalue weighted by molar-refractivity contribution is 0.355. The maximum atomic E-state index is 5.37. The fraction of sp³-hybridized carbons (Fsp3) is 0.381. The van der Waals surface area contributed by atoms with Crippen LogP contribution in [0.2, 0.25) is 0 Å². The van der Waals surface area contributed by atoms with E-state index in [0.29, 0.717) is 18.0 Å². The van der Waals surface area contributed by atoms with E-state index >= 15 is 0 Å². The lowest BCUT2D eigenvalue weighted by Gasteiger charge is -2.15. The van der Waals surface area contributed by atoms with Gasteiger partial charge in [0, 0.05) is 24.8 Å². The van der Waals surface area contributed by atoms with Crippen LogP contribution >= 0.6 is 24.0 Å². The molecule has 154 valence electrons. The van der Waals surface area contributed by atoms with Crippen molar-refractivity contribution in [3.8, 4) is 11.5 Å². The first-order valence-corrected chi connectivity index (χ1v) is 9.06. The summed E-state index contributed by atoms with van der Waals surface area (Å²) in [6.07, 6.45) is 0. The minimum atomic E-state index is 0. The summed E-state index contributed by atoms with van der Waals surface area (Å²) >= 11 is 0. The minimum absolute atomic E-state index is 0. The number of anilines is 1. The molecule has 0 aromatic heterocycles. The molecule has 28 heavy (non-hydrogen) atoms. The number of guanidine groups is 1. The van der Waals surface area contributed by atoms with Gasteiger partial charge in [-0.3, -0.25) is 0 Å². The molecule has 0 aliphatic carbocycles. The van der Waals surface area contributed by atoms with Gasteiger partial charge >= 0.3 is 0 Å². The van der Waals surface area contributed by atoms with Crippen molar-refractivity contribution in [2.75, 3.05) is 40.2 Å². The van der Waals surface area contributed by atoms with Gasteiger partial charge in [-0.1, -0.05) is 24.3 Å². The molecule has 0 atom stereocenters. The van der Waals surface area contributed by atoms with E-state index in [9.17, 15) is 0 Å². The van der Waals surface area contributed by atoms with Crippen LogP contribution in [0.25, 0.3) is 0 Å². The molecule has 2 N–H and O–H groups in total. The molecule has 0 amide bonds. The highest BCUT2D eigenvalue weighted by Gasteiger charge is 2.07. The summed E-state index contributed by atoms with van der Waals surface area (Å²) in [5.74, 6) is 2.10. The third kappa shape index (κ3) is 7.20. The summed E-state index contributed by atoms with van der Waals surface area (Å²) in [6.45, 7) is 4.32. The SMILES string of the molecule is CCNC(=NCc1ccccc1CN(C)C)Nc1ccc(OC)c(OC)c1.I. The van der Waals surface area contributed by atoms with Gasteiger partial charge in [0.1, 0.15) is 0 Å². The second-order valence-corrected chi connectivity index (χ2v) is 6.40. The van der Waals surface area contributed by atoms with E-state index in [0.717, 1.165) is 24.7 Å². The molecule has 0 spiro atoms. The first-order valence-electron chi connectivity index (χ1n) is 9.06. The molecule has 0 aliphatic rings. The number of rotatable bonds is 8. The maximum absolute atomic E-state index is 5.37. The molecule has 0 heterocycles. The highest BCUT2D eigenvalue weighted by Crippen LogP contribution is 2.29. The zero-order valence-electron chi connectivity index (χ0n) is 17.3. The average molecular weight is 498 g/mol. The van der Waals surface area contributed by atoms with Gasteiger partial charge < -0.3 is 25.0 Å². The van der Waals surface area contributed by atoms with Crippen molar-refractivity contribution in [1.29, 1.82) is 0 Å². The van der Waals surface area contributed by atoms with E-state index in [1.807, 2.05) is 25.1 Å². The van der Waals surface area contributed by atoms with Crippen LogP contribution in [0.4, 0.5) is 5.69 Å². The quantitative estimate of drug-likeness (QED) is 0.328. The molecule has 6 nitrogen and oxygen atoms in total. The molecule has 2 aromatic carbocycles. The van der Waals surface area contributed by atoms with E-state index in [4.69, 9.17) is 14.5 Å². The Labute approximate surface area is 185 Å². The Hall–Kier alpha value is -2.00. The fourth-order valence-corrected chi connectivity index (χ4v) is 2.73. The van der Waals surface area contributed by atoms with Gasteiger partial charge in [0.25, 0.3) is 0 Å². The van der Waals surface area contributed by atoms with E-state index in [1.165, 1.54) is 11.1 Å². The summed E-state index contributed by atoms with van der Waals surface area (Å²) in [7, 11) is 7.40. The molecular weight excluding hydrogens is 467 g/mol. The number of nitrogens with zero attached hydrogens (tertiary/aromatic N) is 2. The van der Waals surface area contributed by atoms with E-state index in [2.05, 4.69) is 53.9 Å². The Bertz CT molecular complexity index is 766. The van der Waals surface area contributed by atoms with Crippen molar-refractivity contribution in [2.24, 2.45) is 4.99 Å². The normalized spacial score (nSPS) is 11.0. The predicted molar refractivity (Wildman–Crippen MR) is 127 cm³/mol. The first kappa shape index (κ1) is 24.0. The molecule has 0 saturated heterocycles. The highest BCUT2D eigenvalue weighted by atomic mass is 127.